The van der Waals surface area contributed by atoms with E-state index in [2.05, 4.69) is 0 Å². The van der Waals surface area contributed by atoms with Crippen LogP contribution >= 0.6 is 0 Å². The molecule has 0 spiro atoms. The van der Waals surface area contributed by atoms with Crippen molar-refractivity contribution in [3.8, 4) is 5.75 Å². The van der Waals surface area contributed by atoms with Crippen LogP contribution in [0.25, 0.3) is 0 Å². The maximum absolute atomic E-state index is 5.78. The van der Waals surface area contributed by atoms with Crippen LogP contribution in [0.4, 0.5) is 5.69 Å². The van der Waals surface area contributed by atoms with Crippen LogP contribution < -0.4 is 10.5 Å². The number of methoxy groups -OCH3 is 1. The first kappa shape index (κ1) is 10.9. The lowest BCUT2D eigenvalue weighted by atomic mass is 10.2. The van der Waals surface area contributed by atoms with Crippen LogP contribution in [-0.4, -0.2) is 19.8 Å². The molecule has 0 heterocycles. The van der Waals surface area contributed by atoms with Crippen molar-refractivity contribution in [2.45, 2.75) is 20.0 Å². The maximum Gasteiger partial charge on any atom is 0.145 e. The van der Waals surface area contributed by atoms with Gasteiger partial charge in [0.05, 0.1) is 11.8 Å². The summed E-state index contributed by atoms with van der Waals surface area (Å²) in [5, 5.41) is 0. The van der Waals surface area contributed by atoms with E-state index >= 15 is 0 Å². The molecule has 1 unspecified atom stereocenters. The normalized spacial score (nSPS) is 12.5. The number of benzene rings is 1. The van der Waals surface area contributed by atoms with E-state index in [0.29, 0.717) is 12.3 Å². The van der Waals surface area contributed by atoms with Gasteiger partial charge in [-0.05, 0) is 25.5 Å². The summed E-state index contributed by atoms with van der Waals surface area (Å²) in [4.78, 5) is 0. The average molecular weight is 195 g/mol. The molecule has 0 aliphatic heterocycles. The molecule has 78 valence electrons. The number of nitrogens with two attached hydrogens (primary N) is 1. The third-order valence-electron chi connectivity index (χ3n) is 2.11. The average Bonchev–Trinajstić information content (AvgIpc) is 2.16. The Morgan fingerprint density at radius 1 is 1.43 bits per heavy atom. The summed E-state index contributed by atoms with van der Waals surface area (Å²) >= 11 is 0. The summed E-state index contributed by atoms with van der Waals surface area (Å²) in [6.45, 7) is 4.45. The van der Waals surface area contributed by atoms with Crippen molar-refractivity contribution in [3.05, 3.63) is 23.8 Å². The van der Waals surface area contributed by atoms with E-state index in [1.54, 1.807) is 7.11 Å². The molecule has 0 amide bonds. The number of rotatable bonds is 4. The lowest BCUT2D eigenvalue weighted by molar-refractivity contribution is 0.0717. The fourth-order valence-electron chi connectivity index (χ4n) is 1.14. The van der Waals surface area contributed by atoms with E-state index in [9.17, 15) is 0 Å². The Labute approximate surface area is 84.8 Å². The number of hydrogen-bond acceptors (Lipinski definition) is 3. The zero-order chi connectivity index (χ0) is 10.6. The van der Waals surface area contributed by atoms with Gasteiger partial charge in [0.15, 0.2) is 0 Å². The topological polar surface area (TPSA) is 44.5 Å². The lowest BCUT2D eigenvalue weighted by Gasteiger charge is -2.14. The van der Waals surface area contributed by atoms with Crippen LogP contribution in [0.2, 0.25) is 0 Å². The van der Waals surface area contributed by atoms with Crippen molar-refractivity contribution in [1.82, 2.24) is 0 Å². The standard InChI is InChI=1S/C11H17NO2/c1-8-5-4-6-10(12)11(8)14-7-9(2)13-3/h4-6,9H,7,12H2,1-3H3. The molecule has 0 saturated heterocycles. The molecule has 0 radical (unpaired) electrons. The highest BCUT2D eigenvalue weighted by atomic mass is 16.5. The first-order valence-corrected chi connectivity index (χ1v) is 4.66. The third-order valence-corrected chi connectivity index (χ3v) is 2.11. The van der Waals surface area contributed by atoms with Gasteiger partial charge < -0.3 is 15.2 Å². The van der Waals surface area contributed by atoms with Crippen molar-refractivity contribution in [3.63, 3.8) is 0 Å². The van der Waals surface area contributed by atoms with Crippen LogP contribution in [0.3, 0.4) is 0 Å². The third kappa shape index (κ3) is 2.64. The van der Waals surface area contributed by atoms with Gasteiger partial charge in [0.2, 0.25) is 0 Å². The van der Waals surface area contributed by atoms with E-state index in [1.807, 2.05) is 32.0 Å². The van der Waals surface area contributed by atoms with Gasteiger partial charge >= 0.3 is 0 Å². The van der Waals surface area contributed by atoms with E-state index in [0.717, 1.165) is 11.3 Å². The molecule has 0 fully saturated rings. The molecule has 0 aliphatic carbocycles. The summed E-state index contributed by atoms with van der Waals surface area (Å²) < 4.78 is 10.7. The zero-order valence-corrected chi connectivity index (χ0v) is 8.91. The highest BCUT2D eigenvalue weighted by Crippen LogP contribution is 2.25. The first-order valence-electron chi connectivity index (χ1n) is 4.66. The maximum atomic E-state index is 5.78. The van der Waals surface area contributed by atoms with Crippen LogP contribution in [0.1, 0.15) is 12.5 Å². The van der Waals surface area contributed by atoms with Gasteiger partial charge in [-0.2, -0.15) is 0 Å². The van der Waals surface area contributed by atoms with Gasteiger partial charge in [-0.1, -0.05) is 12.1 Å². The van der Waals surface area contributed by atoms with Crippen LogP contribution in [0.5, 0.6) is 5.75 Å². The van der Waals surface area contributed by atoms with Crippen molar-refractivity contribution >= 4 is 5.69 Å². The van der Waals surface area contributed by atoms with Crippen molar-refractivity contribution in [2.24, 2.45) is 0 Å². The molecule has 0 aliphatic rings. The molecule has 1 atom stereocenters. The molecule has 0 bridgehead atoms. The largest absolute Gasteiger partial charge is 0.488 e. The molecule has 0 aromatic heterocycles. The summed E-state index contributed by atoms with van der Waals surface area (Å²) in [5.74, 6) is 0.761. The Bertz CT molecular complexity index is 279. The molecule has 1 aromatic carbocycles. The number of nitrogen functional groups attached to an aromatic ring is 1. The number of hydrogen-bond donors (Lipinski definition) is 1. The van der Waals surface area contributed by atoms with Crippen molar-refractivity contribution < 1.29 is 9.47 Å². The molecule has 1 rings (SSSR count). The number of ether oxygens (including phenoxy) is 2. The summed E-state index contributed by atoms with van der Waals surface area (Å²) in [5.41, 5.74) is 7.51. The SMILES string of the molecule is COC(C)COc1c(C)cccc1N. The Hall–Kier alpha value is -1.22. The molecule has 2 N–H and O–H groups in total. The van der Waals surface area contributed by atoms with E-state index in [4.69, 9.17) is 15.2 Å². The van der Waals surface area contributed by atoms with Gasteiger partial charge in [-0.15, -0.1) is 0 Å². The predicted molar refractivity (Wildman–Crippen MR) is 57.6 cm³/mol. The molecule has 14 heavy (non-hydrogen) atoms. The number of anilines is 1. The van der Waals surface area contributed by atoms with Crippen LogP contribution in [0.15, 0.2) is 18.2 Å². The molecule has 3 nitrogen and oxygen atoms in total. The second kappa shape index (κ2) is 4.86. The fourth-order valence-corrected chi connectivity index (χ4v) is 1.14. The highest BCUT2D eigenvalue weighted by Gasteiger charge is 2.06. The molecular formula is C11H17NO2. The van der Waals surface area contributed by atoms with Gasteiger partial charge in [-0.3, -0.25) is 0 Å². The molecule has 1 aromatic rings. The van der Waals surface area contributed by atoms with Crippen molar-refractivity contribution in [1.29, 1.82) is 0 Å². The number of aryl methyl sites for hydroxylation is 1. The van der Waals surface area contributed by atoms with Crippen LogP contribution in [-0.2, 0) is 4.74 Å². The van der Waals surface area contributed by atoms with Gasteiger partial charge in [-0.25, -0.2) is 0 Å². The minimum absolute atomic E-state index is 0.0778. The van der Waals surface area contributed by atoms with E-state index in [-0.39, 0.29) is 6.10 Å². The molecular weight excluding hydrogens is 178 g/mol. The zero-order valence-electron chi connectivity index (χ0n) is 8.91. The monoisotopic (exact) mass is 195 g/mol. The predicted octanol–water partition coefficient (Wildman–Crippen LogP) is 1.99. The van der Waals surface area contributed by atoms with E-state index < -0.39 is 0 Å². The minimum atomic E-state index is 0.0778. The Morgan fingerprint density at radius 2 is 2.14 bits per heavy atom. The van der Waals surface area contributed by atoms with E-state index in [1.165, 1.54) is 0 Å². The second-order valence-electron chi connectivity index (χ2n) is 3.35. The Morgan fingerprint density at radius 3 is 2.71 bits per heavy atom. The number of para-hydroxylation sites is 1. The van der Waals surface area contributed by atoms with Crippen molar-refractivity contribution in [2.75, 3.05) is 19.5 Å². The lowest BCUT2D eigenvalue weighted by Crippen LogP contribution is -2.16. The quantitative estimate of drug-likeness (QED) is 0.747. The highest BCUT2D eigenvalue weighted by molar-refractivity contribution is 5.56. The van der Waals surface area contributed by atoms with Gasteiger partial charge in [0, 0.05) is 7.11 Å². The van der Waals surface area contributed by atoms with Gasteiger partial charge in [0.1, 0.15) is 12.4 Å². The van der Waals surface area contributed by atoms with Gasteiger partial charge in [0.25, 0.3) is 0 Å². The molecule has 3 heteroatoms. The Balaban J connectivity index is 2.66. The molecule has 0 saturated carbocycles. The minimum Gasteiger partial charge on any atom is -0.488 e. The second-order valence-corrected chi connectivity index (χ2v) is 3.35. The first-order chi connectivity index (χ1) is 6.65. The van der Waals surface area contributed by atoms with Crippen LogP contribution in [0, 0.1) is 6.92 Å². The smallest absolute Gasteiger partial charge is 0.145 e. The fraction of sp³-hybridized carbons (Fsp3) is 0.455. The summed E-state index contributed by atoms with van der Waals surface area (Å²) in [6, 6.07) is 5.72. The summed E-state index contributed by atoms with van der Waals surface area (Å²) in [7, 11) is 1.66. The Kier molecular flexibility index (Phi) is 3.77. The summed E-state index contributed by atoms with van der Waals surface area (Å²) in [6.07, 6.45) is 0.0778.